The Balaban J connectivity index is 1.13. The minimum Gasteiger partial charge on any atom is -0.487 e. The monoisotopic (exact) mass is 697 g/mol. The van der Waals surface area contributed by atoms with E-state index in [-0.39, 0.29) is 37.0 Å². The van der Waals surface area contributed by atoms with Crippen LogP contribution in [-0.2, 0) is 16.0 Å². The molecule has 50 heavy (non-hydrogen) atoms. The first kappa shape index (κ1) is 35.0. The Hall–Kier alpha value is -4.86. The van der Waals surface area contributed by atoms with Gasteiger partial charge in [0.15, 0.2) is 0 Å². The number of nitrogens with zero attached hydrogens (tertiary/aromatic N) is 10. The Morgan fingerprint density at radius 1 is 1.06 bits per heavy atom. The minimum atomic E-state index is -4.70. The minimum absolute atomic E-state index is 0.0222. The number of anilines is 2. The third-order valence-electron chi connectivity index (χ3n) is 8.59. The van der Waals surface area contributed by atoms with Gasteiger partial charge in [0, 0.05) is 43.5 Å². The van der Waals surface area contributed by atoms with E-state index in [4.69, 9.17) is 14.2 Å². The summed E-state index contributed by atoms with van der Waals surface area (Å²) >= 11 is 0. The molecule has 4 aromatic rings. The quantitative estimate of drug-likeness (QED) is 0.183. The lowest BCUT2D eigenvalue weighted by Gasteiger charge is -2.38. The summed E-state index contributed by atoms with van der Waals surface area (Å²) in [7, 11) is 0. The number of tetrazole rings is 1. The summed E-state index contributed by atoms with van der Waals surface area (Å²) < 4.78 is 62.0. The Morgan fingerprint density at radius 2 is 1.82 bits per heavy atom. The molecule has 4 heterocycles. The molecule has 266 valence electrons. The van der Waals surface area contributed by atoms with Crippen molar-refractivity contribution in [1.82, 2.24) is 44.9 Å². The second-order valence-corrected chi connectivity index (χ2v) is 12.1. The van der Waals surface area contributed by atoms with Gasteiger partial charge in [0.05, 0.1) is 50.8 Å². The van der Waals surface area contributed by atoms with Crippen LogP contribution in [0.5, 0.6) is 11.6 Å². The molecule has 1 saturated carbocycles. The lowest BCUT2D eigenvalue weighted by atomic mass is 9.90. The van der Waals surface area contributed by atoms with Gasteiger partial charge in [0.25, 0.3) is 5.88 Å². The van der Waals surface area contributed by atoms with Crippen molar-refractivity contribution >= 4 is 11.6 Å². The van der Waals surface area contributed by atoms with E-state index in [1.807, 2.05) is 17.8 Å². The fourth-order valence-electron chi connectivity index (χ4n) is 6.14. The van der Waals surface area contributed by atoms with Gasteiger partial charge < -0.3 is 19.5 Å². The van der Waals surface area contributed by atoms with Gasteiger partial charge >= 0.3 is 6.36 Å². The molecule has 0 bridgehead atoms. The number of nitriles is 1. The Bertz CT molecular complexity index is 1700. The molecule has 1 N–H and O–H groups in total. The van der Waals surface area contributed by atoms with Gasteiger partial charge in [-0.3, -0.25) is 14.3 Å². The largest absolute Gasteiger partial charge is 0.522 e. The number of benzene rings is 1. The molecule has 1 aromatic carbocycles. The maximum absolute atomic E-state index is 12.4. The van der Waals surface area contributed by atoms with E-state index >= 15 is 0 Å². The van der Waals surface area contributed by atoms with Crippen LogP contribution in [0.25, 0.3) is 11.1 Å². The van der Waals surface area contributed by atoms with Crippen molar-refractivity contribution in [3.8, 4) is 28.8 Å². The zero-order valence-corrected chi connectivity index (χ0v) is 27.5. The zero-order chi connectivity index (χ0) is 34.9. The van der Waals surface area contributed by atoms with E-state index < -0.39 is 13.0 Å². The summed E-state index contributed by atoms with van der Waals surface area (Å²) in [6, 6.07) is 8.03. The molecule has 18 heteroatoms. The lowest BCUT2D eigenvalue weighted by Crippen LogP contribution is -2.45. The number of ether oxygens (including phenoxy) is 4. The van der Waals surface area contributed by atoms with Crippen LogP contribution in [0.15, 0.2) is 43.1 Å². The molecule has 1 atom stereocenters. The van der Waals surface area contributed by atoms with Crippen LogP contribution in [0.4, 0.5) is 24.8 Å². The van der Waals surface area contributed by atoms with E-state index in [0.29, 0.717) is 35.2 Å². The summed E-state index contributed by atoms with van der Waals surface area (Å²) in [5, 5.41) is 28.6. The number of rotatable bonds is 14. The number of aromatic nitrogens is 8. The van der Waals surface area contributed by atoms with Gasteiger partial charge in [-0.05, 0) is 60.7 Å². The highest BCUT2D eigenvalue weighted by atomic mass is 19.4. The Kier molecular flexibility index (Phi) is 11.4. The van der Waals surface area contributed by atoms with Gasteiger partial charge in [-0.15, -0.1) is 23.4 Å². The van der Waals surface area contributed by atoms with Crippen molar-refractivity contribution in [2.75, 3.05) is 44.8 Å². The average molecular weight is 698 g/mol. The summed E-state index contributed by atoms with van der Waals surface area (Å²) in [5.74, 6) is 0.918. The zero-order valence-electron chi connectivity index (χ0n) is 27.5. The van der Waals surface area contributed by atoms with E-state index in [1.165, 1.54) is 6.33 Å². The van der Waals surface area contributed by atoms with Crippen molar-refractivity contribution < 1.29 is 32.1 Å². The second kappa shape index (κ2) is 16.2. The van der Waals surface area contributed by atoms with Crippen molar-refractivity contribution in [2.24, 2.45) is 0 Å². The van der Waals surface area contributed by atoms with Crippen LogP contribution in [0.2, 0.25) is 0 Å². The first-order chi connectivity index (χ1) is 24.2. The highest BCUT2D eigenvalue weighted by molar-refractivity contribution is 5.67. The highest BCUT2D eigenvalue weighted by Crippen LogP contribution is 2.35. The highest BCUT2D eigenvalue weighted by Gasteiger charge is 2.30. The number of hydrogen-bond acceptors (Lipinski definition) is 13. The van der Waals surface area contributed by atoms with Crippen LogP contribution in [0.3, 0.4) is 0 Å². The summed E-state index contributed by atoms with van der Waals surface area (Å²) in [6.07, 6.45) is 5.52. The molecular formula is C32H38F3N11O4. The first-order valence-corrected chi connectivity index (χ1v) is 16.5. The van der Waals surface area contributed by atoms with Crippen LogP contribution < -0.4 is 14.8 Å². The Labute approximate surface area is 286 Å². The van der Waals surface area contributed by atoms with Gasteiger partial charge in [0.1, 0.15) is 29.9 Å². The molecule has 1 aliphatic heterocycles. The topological polar surface area (TPSA) is 163 Å². The Morgan fingerprint density at radius 3 is 2.52 bits per heavy atom. The maximum Gasteiger partial charge on any atom is 0.522 e. The van der Waals surface area contributed by atoms with Crippen molar-refractivity contribution in [3.63, 3.8) is 0 Å². The third-order valence-corrected chi connectivity index (χ3v) is 8.59. The molecule has 0 amide bonds. The standard InChI is InChI=1S/C32H38F3N11O4/c1-22(19-45-21-39-42-43-45)50-29-15-23(3-4-24(29)16-36)25-17-37-31(38-18-25)40-28-20-46(41-30(28)48-11-2-12-49-32(33,34)35)27-7-5-26(6-8-27)44-9-13-47-14-10-44/h3-4,15,17-18,20-22,26-27H,2,5-14,19H2,1H3,(H,37,38,40)/t22-,26?,27?/m0/s1. The molecule has 15 nitrogen and oxygen atoms in total. The lowest BCUT2D eigenvalue weighted by molar-refractivity contribution is -0.324. The number of halogens is 3. The van der Waals surface area contributed by atoms with Crippen LogP contribution in [0.1, 0.15) is 50.6 Å². The molecule has 6 rings (SSSR count). The van der Waals surface area contributed by atoms with Crippen molar-refractivity contribution in [3.05, 3.63) is 48.7 Å². The molecular weight excluding hydrogens is 659 g/mol. The second-order valence-electron chi connectivity index (χ2n) is 12.1. The third kappa shape index (κ3) is 9.43. The van der Waals surface area contributed by atoms with Gasteiger partial charge in [0.2, 0.25) is 5.95 Å². The van der Waals surface area contributed by atoms with Gasteiger partial charge in [-0.1, -0.05) is 6.07 Å². The molecule has 3 aromatic heterocycles. The summed E-state index contributed by atoms with van der Waals surface area (Å²) in [6.45, 7) is 5.11. The molecule has 2 aliphatic rings. The normalized spacial score (nSPS) is 19.1. The smallest absolute Gasteiger partial charge is 0.487 e. The SMILES string of the molecule is C[C@@H](Cn1cnnn1)Oc1cc(-c2cnc(Nc3cn(C4CCC(N5CCOCC5)CC4)nc3OCCCOC(F)(F)F)nc2)ccc1C#N. The molecule has 0 unspecified atom stereocenters. The maximum atomic E-state index is 12.4. The van der Waals surface area contributed by atoms with E-state index in [2.05, 4.69) is 51.6 Å². The average Bonchev–Trinajstić information content (AvgIpc) is 3.78. The van der Waals surface area contributed by atoms with Gasteiger partial charge in [-0.25, -0.2) is 14.6 Å². The van der Waals surface area contributed by atoms with Crippen LogP contribution in [-0.4, -0.2) is 103 Å². The molecule has 1 aliphatic carbocycles. The molecule has 0 radical (unpaired) electrons. The van der Waals surface area contributed by atoms with Gasteiger partial charge in [-0.2, -0.15) is 5.26 Å². The van der Waals surface area contributed by atoms with Crippen molar-refractivity contribution in [2.45, 2.75) is 70.1 Å². The summed E-state index contributed by atoms with van der Waals surface area (Å²) in [5.41, 5.74) is 2.30. The summed E-state index contributed by atoms with van der Waals surface area (Å²) in [4.78, 5) is 11.5. The van der Waals surface area contributed by atoms with E-state index in [9.17, 15) is 18.4 Å². The molecule has 2 fully saturated rings. The van der Waals surface area contributed by atoms with E-state index in [0.717, 1.165) is 57.6 Å². The van der Waals surface area contributed by atoms with Crippen LogP contribution in [0, 0.1) is 11.3 Å². The number of nitrogens with one attached hydrogen (secondary N) is 1. The fraction of sp³-hybridized carbons (Fsp3) is 0.531. The van der Waals surface area contributed by atoms with Crippen molar-refractivity contribution in [1.29, 1.82) is 5.26 Å². The molecule has 0 spiro atoms. The van der Waals surface area contributed by atoms with E-state index in [1.54, 1.807) is 35.3 Å². The fourth-order valence-corrected chi connectivity index (χ4v) is 6.14. The first-order valence-electron chi connectivity index (χ1n) is 16.5. The predicted octanol–water partition coefficient (Wildman–Crippen LogP) is 4.53. The molecule has 1 saturated heterocycles. The predicted molar refractivity (Wildman–Crippen MR) is 171 cm³/mol. The number of morpholine rings is 1. The van der Waals surface area contributed by atoms with Crippen LogP contribution >= 0.6 is 0 Å². The number of alkyl halides is 3. The number of hydrogen-bond donors (Lipinski definition) is 1.